The molecule has 22 heavy (non-hydrogen) atoms. The molecule has 2 heteroatoms. The quantitative estimate of drug-likeness (QED) is 0.560. The lowest BCUT2D eigenvalue weighted by atomic mass is 10.1. The Morgan fingerprint density at radius 1 is 0.818 bits per heavy atom. The van der Waals surface area contributed by atoms with Gasteiger partial charge in [-0.25, -0.2) is 0 Å². The van der Waals surface area contributed by atoms with Crippen LogP contribution in [0.5, 0.6) is 0 Å². The van der Waals surface area contributed by atoms with Crippen LogP contribution >= 0.6 is 0 Å². The number of hydrogen-bond donors (Lipinski definition) is 1. The molecule has 1 atom stereocenters. The number of para-hydroxylation sites is 2. The Labute approximate surface area is 132 Å². The van der Waals surface area contributed by atoms with Crippen LogP contribution in [0, 0.1) is 0 Å². The molecule has 1 aromatic heterocycles. The highest BCUT2D eigenvalue weighted by molar-refractivity contribution is 6.08. The molecule has 1 N–H and O–H groups in total. The van der Waals surface area contributed by atoms with Crippen molar-refractivity contribution in [1.82, 2.24) is 4.57 Å². The zero-order chi connectivity index (χ0) is 15.4. The van der Waals surface area contributed by atoms with Gasteiger partial charge in [0.2, 0.25) is 0 Å². The van der Waals surface area contributed by atoms with E-state index in [-0.39, 0.29) is 0 Å². The molecule has 0 bridgehead atoms. The minimum Gasteiger partial charge on any atom is -0.373 e. The molecular weight excluding hydrogens is 270 g/mol. The average molecular weight is 295 g/mol. The summed E-state index contributed by atoms with van der Waals surface area (Å²) in [4.78, 5) is 0. The smallest absolute Gasteiger partial charge is 0.131 e. The zero-order valence-electron chi connectivity index (χ0n) is 13.3. The van der Waals surface area contributed by atoms with E-state index in [4.69, 9.17) is 0 Å². The number of fused-ring (bicyclic) bond motifs is 3. The number of aliphatic hydroxyl groups excluding tert-OH is 1. The first-order valence-electron chi connectivity index (χ1n) is 8.48. The third-order valence-electron chi connectivity index (χ3n) is 4.48. The van der Waals surface area contributed by atoms with Crippen LogP contribution in [0.4, 0.5) is 0 Å². The SMILES string of the molecule is CCCCCCCC(O)n1c2ccccc2c2ccccc21. The van der Waals surface area contributed by atoms with E-state index in [0.29, 0.717) is 0 Å². The molecule has 0 saturated carbocycles. The predicted molar refractivity (Wildman–Crippen MR) is 94.1 cm³/mol. The van der Waals surface area contributed by atoms with Gasteiger partial charge in [0.25, 0.3) is 0 Å². The van der Waals surface area contributed by atoms with Gasteiger partial charge >= 0.3 is 0 Å². The number of aromatic nitrogens is 1. The Balaban J connectivity index is 1.88. The highest BCUT2D eigenvalue weighted by Gasteiger charge is 2.15. The standard InChI is InChI=1S/C20H25NO/c1-2-3-4-5-6-15-20(22)21-18-13-9-7-11-16(18)17-12-8-10-14-19(17)21/h7-14,20,22H,2-6,15H2,1H3. The second-order valence-corrected chi connectivity index (χ2v) is 6.09. The summed E-state index contributed by atoms with van der Waals surface area (Å²) in [5.74, 6) is 0. The fourth-order valence-corrected chi connectivity index (χ4v) is 3.33. The molecule has 116 valence electrons. The molecule has 2 nitrogen and oxygen atoms in total. The molecule has 2 aromatic carbocycles. The number of aliphatic hydroxyl groups is 1. The van der Waals surface area contributed by atoms with E-state index in [9.17, 15) is 5.11 Å². The monoisotopic (exact) mass is 295 g/mol. The first-order chi connectivity index (χ1) is 10.8. The van der Waals surface area contributed by atoms with Crippen LogP contribution < -0.4 is 0 Å². The van der Waals surface area contributed by atoms with Gasteiger partial charge in [-0.05, 0) is 25.0 Å². The summed E-state index contributed by atoms with van der Waals surface area (Å²) in [6.45, 7) is 2.23. The lowest BCUT2D eigenvalue weighted by Gasteiger charge is -2.15. The first-order valence-corrected chi connectivity index (χ1v) is 8.48. The maximum absolute atomic E-state index is 10.7. The molecule has 3 rings (SSSR count). The summed E-state index contributed by atoms with van der Waals surface area (Å²) < 4.78 is 2.10. The van der Waals surface area contributed by atoms with Gasteiger partial charge in [-0.2, -0.15) is 0 Å². The summed E-state index contributed by atoms with van der Waals surface area (Å²) >= 11 is 0. The third kappa shape index (κ3) is 2.89. The Hall–Kier alpha value is -1.80. The summed E-state index contributed by atoms with van der Waals surface area (Å²) in [6, 6.07) is 16.7. The van der Waals surface area contributed by atoms with Crippen molar-refractivity contribution in [1.29, 1.82) is 0 Å². The summed E-state index contributed by atoms with van der Waals surface area (Å²) in [6.07, 6.45) is 6.51. The van der Waals surface area contributed by atoms with Crippen molar-refractivity contribution in [3.05, 3.63) is 48.5 Å². The highest BCUT2D eigenvalue weighted by atomic mass is 16.3. The van der Waals surface area contributed by atoms with Crippen molar-refractivity contribution < 1.29 is 5.11 Å². The van der Waals surface area contributed by atoms with Gasteiger partial charge in [0.1, 0.15) is 6.23 Å². The van der Waals surface area contributed by atoms with Crippen molar-refractivity contribution in [3.8, 4) is 0 Å². The van der Waals surface area contributed by atoms with Crippen LogP contribution in [0.25, 0.3) is 21.8 Å². The van der Waals surface area contributed by atoms with Crippen molar-refractivity contribution >= 4 is 21.8 Å². The van der Waals surface area contributed by atoms with Crippen molar-refractivity contribution in [3.63, 3.8) is 0 Å². The Kier molecular flexibility index (Phi) is 4.79. The molecule has 1 unspecified atom stereocenters. The molecule has 0 spiro atoms. The molecule has 0 saturated heterocycles. The molecule has 0 amide bonds. The maximum atomic E-state index is 10.7. The minimum absolute atomic E-state index is 0.438. The Morgan fingerprint density at radius 2 is 1.36 bits per heavy atom. The van der Waals surface area contributed by atoms with E-state index in [0.717, 1.165) is 23.9 Å². The van der Waals surface area contributed by atoms with Crippen LogP contribution in [0.3, 0.4) is 0 Å². The molecule has 3 aromatic rings. The van der Waals surface area contributed by atoms with E-state index in [1.807, 2.05) is 12.1 Å². The molecule has 0 aliphatic heterocycles. The van der Waals surface area contributed by atoms with Gasteiger partial charge in [0.05, 0.1) is 11.0 Å². The average Bonchev–Trinajstić information content (AvgIpc) is 2.89. The normalized spacial score (nSPS) is 13.0. The van der Waals surface area contributed by atoms with E-state index < -0.39 is 6.23 Å². The van der Waals surface area contributed by atoms with Crippen LogP contribution in [-0.2, 0) is 0 Å². The number of hydrogen-bond acceptors (Lipinski definition) is 1. The van der Waals surface area contributed by atoms with Gasteiger partial charge in [-0.3, -0.25) is 0 Å². The van der Waals surface area contributed by atoms with E-state index >= 15 is 0 Å². The lowest BCUT2D eigenvalue weighted by molar-refractivity contribution is 0.1000. The van der Waals surface area contributed by atoms with Gasteiger partial charge < -0.3 is 9.67 Å². The van der Waals surface area contributed by atoms with Crippen LogP contribution in [-0.4, -0.2) is 9.67 Å². The summed E-state index contributed by atoms with van der Waals surface area (Å²) in [5.41, 5.74) is 2.26. The summed E-state index contributed by atoms with van der Waals surface area (Å²) in [5, 5.41) is 13.2. The van der Waals surface area contributed by atoms with Gasteiger partial charge in [0.15, 0.2) is 0 Å². The summed E-state index contributed by atoms with van der Waals surface area (Å²) in [7, 11) is 0. The topological polar surface area (TPSA) is 25.2 Å². The second kappa shape index (κ2) is 6.97. The number of unbranched alkanes of at least 4 members (excludes halogenated alkanes) is 4. The largest absolute Gasteiger partial charge is 0.373 e. The van der Waals surface area contributed by atoms with Gasteiger partial charge in [-0.1, -0.05) is 69.0 Å². The van der Waals surface area contributed by atoms with Crippen LogP contribution in [0.15, 0.2) is 48.5 Å². The van der Waals surface area contributed by atoms with Crippen LogP contribution in [0.1, 0.15) is 51.7 Å². The fourth-order valence-electron chi connectivity index (χ4n) is 3.33. The molecule has 0 radical (unpaired) electrons. The highest BCUT2D eigenvalue weighted by Crippen LogP contribution is 2.32. The first kappa shape index (κ1) is 15.1. The van der Waals surface area contributed by atoms with Crippen molar-refractivity contribution in [2.45, 2.75) is 51.7 Å². The lowest BCUT2D eigenvalue weighted by Crippen LogP contribution is -2.07. The molecule has 0 aliphatic rings. The predicted octanol–water partition coefficient (Wildman–Crippen LogP) is 5.65. The number of benzene rings is 2. The molecule has 0 fully saturated rings. The molecule has 0 aliphatic carbocycles. The van der Waals surface area contributed by atoms with Crippen LogP contribution in [0.2, 0.25) is 0 Å². The van der Waals surface area contributed by atoms with Gasteiger partial charge in [0, 0.05) is 10.8 Å². The second-order valence-electron chi connectivity index (χ2n) is 6.09. The number of rotatable bonds is 7. The zero-order valence-corrected chi connectivity index (χ0v) is 13.3. The number of nitrogens with zero attached hydrogens (tertiary/aromatic N) is 1. The van der Waals surface area contributed by atoms with E-state index in [2.05, 4.69) is 47.9 Å². The third-order valence-corrected chi connectivity index (χ3v) is 4.48. The minimum atomic E-state index is -0.438. The van der Waals surface area contributed by atoms with E-state index in [1.54, 1.807) is 0 Å². The Bertz CT molecular complexity index is 690. The Morgan fingerprint density at radius 3 is 1.95 bits per heavy atom. The van der Waals surface area contributed by atoms with Crippen molar-refractivity contribution in [2.75, 3.05) is 0 Å². The molecule has 1 heterocycles. The maximum Gasteiger partial charge on any atom is 0.131 e. The van der Waals surface area contributed by atoms with Gasteiger partial charge in [-0.15, -0.1) is 0 Å². The fraction of sp³-hybridized carbons (Fsp3) is 0.400. The van der Waals surface area contributed by atoms with E-state index in [1.165, 1.54) is 36.5 Å². The molecular formula is C20H25NO. The van der Waals surface area contributed by atoms with Crippen molar-refractivity contribution in [2.24, 2.45) is 0 Å².